The van der Waals surface area contributed by atoms with Crippen LogP contribution in [-0.2, 0) is 16.1 Å². The lowest BCUT2D eigenvalue weighted by Crippen LogP contribution is -2.40. The van der Waals surface area contributed by atoms with Gasteiger partial charge in [-0.3, -0.25) is 19.0 Å². The Morgan fingerprint density at radius 2 is 1.72 bits per heavy atom. The van der Waals surface area contributed by atoms with Crippen LogP contribution >= 0.6 is 11.3 Å². The molecule has 2 amide bonds. The average molecular weight is 452 g/mol. The molecule has 8 nitrogen and oxygen atoms in total. The lowest BCUT2D eigenvalue weighted by atomic mass is 10.2. The normalized spacial score (nSPS) is 10.8. The number of nitrogens with zero attached hydrogens (tertiary/aromatic N) is 2. The number of hydrogen-bond acceptors (Lipinski definition) is 5. The van der Waals surface area contributed by atoms with Gasteiger partial charge in [0.2, 0.25) is 11.8 Å². The second-order valence-corrected chi connectivity index (χ2v) is 7.82. The van der Waals surface area contributed by atoms with Gasteiger partial charge in [-0.05, 0) is 41.8 Å². The van der Waals surface area contributed by atoms with Gasteiger partial charge < -0.3 is 10.6 Å². The quantitative estimate of drug-likeness (QED) is 0.486. The number of fused-ring (bicyclic) bond motifs is 1. The van der Waals surface area contributed by atoms with Crippen LogP contribution in [0.3, 0.4) is 0 Å². The first kappa shape index (κ1) is 21.2. The van der Waals surface area contributed by atoms with Gasteiger partial charge in [-0.2, -0.15) is 0 Å². The van der Waals surface area contributed by atoms with Crippen molar-refractivity contribution >= 4 is 44.7 Å². The number of amides is 2. The topological polar surface area (TPSA) is 102 Å². The zero-order valence-corrected chi connectivity index (χ0v) is 17.6. The molecule has 0 radical (unpaired) electrons. The SMILES string of the molecule is CC(=O)Nc1cccc(NC(=O)Cn2c(=O)n(-c3ccccc3F)c(=O)c3sccc32)c1. The maximum absolute atomic E-state index is 14.4. The molecule has 4 rings (SSSR count). The lowest BCUT2D eigenvalue weighted by molar-refractivity contribution is -0.117. The smallest absolute Gasteiger partial charge is 0.326 e. The van der Waals surface area contributed by atoms with E-state index >= 15 is 0 Å². The fourth-order valence-electron chi connectivity index (χ4n) is 3.31. The average Bonchev–Trinajstić information content (AvgIpc) is 3.22. The molecule has 0 saturated carbocycles. The van der Waals surface area contributed by atoms with E-state index in [2.05, 4.69) is 10.6 Å². The van der Waals surface area contributed by atoms with Crippen molar-refractivity contribution in [3.8, 4) is 5.69 Å². The first-order valence-electron chi connectivity index (χ1n) is 9.50. The zero-order valence-electron chi connectivity index (χ0n) is 16.8. The molecule has 0 saturated heterocycles. The highest BCUT2D eigenvalue weighted by atomic mass is 32.1. The minimum atomic E-state index is -0.826. The van der Waals surface area contributed by atoms with E-state index < -0.39 is 29.5 Å². The monoisotopic (exact) mass is 452 g/mol. The predicted octanol–water partition coefficient (Wildman–Crippen LogP) is 2.95. The number of hydrogen-bond donors (Lipinski definition) is 2. The molecular formula is C22H17FN4O4S. The second-order valence-electron chi connectivity index (χ2n) is 6.91. The van der Waals surface area contributed by atoms with Gasteiger partial charge in [0.15, 0.2) is 0 Å². The van der Waals surface area contributed by atoms with Crippen LogP contribution in [0.25, 0.3) is 15.9 Å². The Morgan fingerprint density at radius 3 is 2.44 bits per heavy atom. The van der Waals surface area contributed by atoms with E-state index in [4.69, 9.17) is 0 Å². The van der Waals surface area contributed by atoms with Crippen LogP contribution in [0.15, 0.2) is 69.6 Å². The van der Waals surface area contributed by atoms with Crippen LogP contribution in [0.4, 0.5) is 15.8 Å². The molecule has 0 fully saturated rings. The third kappa shape index (κ3) is 4.08. The first-order valence-corrected chi connectivity index (χ1v) is 10.4. The van der Waals surface area contributed by atoms with Gasteiger partial charge in [-0.1, -0.05) is 18.2 Å². The van der Waals surface area contributed by atoms with Crippen molar-refractivity contribution in [2.75, 3.05) is 10.6 Å². The molecule has 0 aliphatic rings. The van der Waals surface area contributed by atoms with Crippen molar-refractivity contribution in [2.24, 2.45) is 0 Å². The van der Waals surface area contributed by atoms with E-state index in [-0.39, 0.29) is 16.3 Å². The summed E-state index contributed by atoms with van der Waals surface area (Å²) in [5, 5.41) is 6.91. The molecule has 0 aliphatic carbocycles. The molecule has 2 aromatic carbocycles. The van der Waals surface area contributed by atoms with E-state index in [1.807, 2.05) is 0 Å². The van der Waals surface area contributed by atoms with Crippen molar-refractivity contribution in [3.05, 3.63) is 86.6 Å². The number of anilines is 2. The molecule has 4 aromatic rings. The lowest BCUT2D eigenvalue weighted by Gasteiger charge is -2.13. The third-order valence-corrected chi connectivity index (χ3v) is 5.51. The summed E-state index contributed by atoms with van der Waals surface area (Å²) in [5.74, 6) is -1.51. The minimum absolute atomic E-state index is 0.185. The molecule has 32 heavy (non-hydrogen) atoms. The van der Waals surface area contributed by atoms with Gasteiger partial charge >= 0.3 is 5.69 Å². The van der Waals surface area contributed by atoms with Crippen LogP contribution in [0.5, 0.6) is 0 Å². The van der Waals surface area contributed by atoms with Gasteiger partial charge in [0.05, 0.1) is 11.2 Å². The fourth-order valence-corrected chi connectivity index (χ4v) is 4.13. The number of aromatic nitrogens is 2. The van der Waals surface area contributed by atoms with E-state index in [9.17, 15) is 23.6 Å². The number of nitrogens with one attached hydrogen (secondary N) is 2. The fraction of sp³-hybridized carbons (Fsp3) is 0.0909. The molecule has 162 valence electrons. The molecule has 2 aromatic heterocycles. The summed E-state index contributed by atoms with van der Waals surface area (Å²) < 4.78 is 16.5. The van der Waals surface area contributed by atoms with Crippen molar-refractivity contribution in [3.63, 3.8) is 0 Å². The molecule has 0 aliphatic heterocycles. The van der Waals surface area contributed by atoms with Crippen LogP contribution in [0.1, 0.15) is 6.92 Å². The van der Waals surface area contributed by atoms with Crippen molar-refractivity contribution < 1.29 is 14.0 Å². The van der Waals surface area contributed by atoms with Gasteiger partial charge in [0.25, 0.3) is 5.56 Å². The van der Waals surface area contributed by atoms with Gasteiger partial charge in [0.1, 0.15) is 17.1 Å². The summed E-state index contributed by atoms with van der Waals surface area (Å²) in [7, 11) is 0. The highest BCUT2D eigenvalue weighted by molar-refractivity contribution is 7.17. The Morgan fingerprint density at radius 1 is 1.00 bits per heavy atom. The summed E-state index contributed by atoms with van der Waals surface area (Å²) >= 11 is 1.10. The summed E-state index contributed by atoms with van der Waals surface area (Å²) in [4.78, 5) is 50.0. The highest BCUT2D eigenvalue weighted by Gasteiger charge is 2.19. The molecule has 0 unspecified atom stereocenters. The van der Waals surface area contributed by atoms with E-state index in [1.54, 1.807) is 35.7 Å². The van der Waals surface area contributed by atoms with E-state index in [1.165, 1.54) is 25.1 Å². The molecule has 2 N–H and O–H groups in total. The number of carbonyl (C=O) groups is 2. The van der Waals surface area contributed by atoms with E-state index in [0.717, 1.165) is 26.5 Å². The Bertz CT molecular complexity index is 1470. The number of benzene rings is 2. The number of halogens is 1. The maximum Gasteiger partial charge on any atom is 0.336 e. The predicted molar refractivity (Wildman–Crippen MR) is 121 cm³/mol. The zero-order chi connectivity index (χ0) is 22.8. The summed E-state index contributed by atoms with van der Waals surface area (Å²) in [6, 6.07) is 13.5. The third-order valence-electron chi connectivity index (χ3n) is 4.62. The van der Waals surface area contributed by atoms with Crippen molar-refractivity contribution in [1.29, 1.82) is 0 Å². The maximum atomic E-state index is 14.4. The van der Waals surface area contributed by atoms with Crippen LogP contribution < -0.4 is 21.9 Å². The largest absolute Gasteiger partial charge is 0.336 e. The first-order chi connectivity index (χ1) is 15.3. The van der Waals surface area contributed by atoms with Crippen LogP contribution in [-0.4, -0.2) is 20.9 Å². The minimum Gasteiger partial charge on any atom is -0.326 e. The second kappa shape index (κ2) is 8.60. The van der Waals surface area contributed by atoms with Crippen molar-refractivity contribution in [2.45, 2.75) is 13.5 Å². The van der Waals surface area contributed by atoms with Gasteiger partial charge in [-0.25, -0.2) is 13.8 Å². The summed E-state index contributed by atoms with van der Waals surface area (Å²) in [5.41, 5.74) is -0.452. The number of thiophene rings is 1. The Hall–Kier alpha value is -4.05. The van der Waals surface area contributed by atoms with Crippen molar-refractivity contribution in [1.82, 2.24) is 9.13 Å². The summed E-state index contributed by atoms with van der Waals surface area (Å²) in [6.07, 6.45) is 0. The Labute approximate surface area is 184 Å². The number of rotatable bonds is 5. The molecule has 10 heteroatoms. The number of para-hydroxylation sites is 1. The Kier molecular flexibility index (Phi) is 5.69. The molecule has 0 bridgehead atoms. The summed E-state index contributed by atoms with van der Waals surface area (Å²) in [6.45, 7) is 0.972. The molecular weight excluding hydrogens is 435 g/mol. The molecule has 0 atom stereocenters. The number of carbonyl (C=O) groups excluding carboxylic acids is 2. The van der Waals surface area contributed by atoms with Gasteiger partial charge in [0, 0.05) is 18.3 Å². The molecule has 0 spiro atoms. The van der Waals surface area contributed by atoms with Crippen LogP contribution in [0, 0.1) is 5.82 Å². The molecule has 2 heterocycles. The highest BCUT2D eigenvalue weighted by Crippen LogP contribution is 2.18. The van der Waals surface area contributed by atoms with Crippen LogP contribution in [0.2, 0.25) is 0 Å². The van der Waals surface area contributed by atoms with E-state index in [0.29, 0.717) is 16.9 Å². The Balaban J connectivity index is 1.72. The van der Waals surface area contributed by atoms with Gasteiger partial charge in [-0.15, -0.1) is 11.3 Å². The standard InChI is InChI=1S/C22H17FN4O4S/c1-13(28)24-14-5-4-6-15(11-14)25-19(29)12-26-18-9-10-32-20(18)21(30)27(22(26)31)17-8-3-2-7-16(17)23/h2-11H,12H2,1H3,(H,24,28)(H,25,29).